The van der Waals surface area contributed by atoms with E-state index in [-0.39, 0.29) is 11.6 Å². The van der Waals surface area contributed by atoms with Crippen LogP contribution in [0.2, 0.25) is 5.02 Å². The third kappa shape index (κ3) is 6.09. The molecule has 4 rings (SSSR count). The maximum Gasteiger partial charge on any atom is 0.161 e. The first-order valence-electron chi connectivity index (χ1n) is 11.9. The lowest BCUT2D eigenvalue weighted by Gasteiger charge is -2.24. The van der Waals surface area contributed by atoms with Crippen LogP contribution in [0.1, 0.15) is 43.9 Å². The number of aromatic nitrogens is 1. The Kier molecular flexibility index (Phi) is 7.73. The van der Waals surface area contributed by atoms with E-state index in [1.54, 1.807) is 32.2 Å². The molecule has 0 radical (unpaired) electrons. The molecule has 1 aliphatic carbocycles. The number of methoxy groups -OCH3 is 2. The summed E-state index contributed by atoms with van der Waals surface area (Å²) in [6.07, 6.45) is 3.39. The van der Waals surface area contributed by atoms with Gasteiger partial charge in [-0.1, -0.05) is 17.7 Å². The Bertz CT molecular complexity index is 1230. The van der Waals surface area contributed by atoms with Gasteiger partial charge in [0.05, 0.1) is 30.5 Å². The summed E-state index contributed by atoms with van der Waals surface area (Å²) < 4.78 is 30.3. The Balaban J connectivity index is 1.44. The largest absolute Gasteiger partial charge is 0.494 e. The Morgan fingerprint density at radius 3 is 2.42 bits per heavy atom. The average molecular weight is 516 g/mol. The molecule has 0 bridgehead atoms. The molecule has 36 heavy (non-hydrogen) atoms. The lowest BCUT2D eigenvalue weighted by molar-refractivity contribution is 0.0412. The second kappa shape index (κ2) is 10.6. The highest BCUT2D eigenvalue weighted by Gasteiger charge is 2.41. The monoisotopic (exact) mass is 515 g/mol. The molecule has 1 fully saturated rings. The Morgan fingerprint density at radius 2 is 1.75 bits per heavy atom. The molecule has 3 aromatic rings. The van der Waals surface area contributed by atoms with Crippen LogP contribution in [0.3, 0.4) is 0 Å². The summed E-state index contributed by atoms with van der Waals surface area (Å²) in [4.78, 5) is 4.65. The minimum Gasteiger partial charge on any atom is -0.494 e. The molecule has 1 aliphatic rings. The summed E-state index contributed by atoms with van der Waals surface area (Å²) in [7, 11) is 3.12. The fraction of sp³-hybridized carbons (Fsp3) is 0.393. The molecular weight excluding hydrogens is 485 g/mol. The summed E-state index contributed by atoms with van der Waals surface area (Å²) in [6, 6.07) is 13.6. The molecule has 1 heterocycles. The van der Waals surface area contributed by atoms with Crippen LogP contribution in [0.25, 0.3) is 11.3 Å². The quantitative estimate of drug-likeness (QED) is 0.341. The van der Waals surface area contributed by atoms with Gasteiger partial charge in [-0.15, -0.1) is 0 Å². The molecule has 0 saturated heterocycles. The highest BCUT2D eigenvalue weighted by Crippen LogP contribution is 2.38. The number of benzene rings is 2. The van der Waals surface area contributed by atoms with Crippen LogP contribution in [0.15, 0.2) is 48.5 Å². The molecule has 0 spiro atoms. The smallest absolute Gasteiger partial charge is 0.161 e. The van der Waals surface area contributed by atoms with Crippen LogP contribution in [0, 0.1) is 5.82 Å². The fourth-order valence-electron chi connectivity index (χ4n) is 4.01. The lowest BCUT2D eigenvalue weighted by atomic mass is 9.92. The number of pyridine rings is 1. The normalized spacial score (nSPS) is 15.8. The Hall–Kier alpha value is -2.87. The highest BCUT2D eigenvalue weighted by molar-refractivity contribution is 6.31. The number of hydrogen-bond acceptors (Lipinski definition) is 6. The van der Waals surface area contributed by atoms with Crippen LogP contribution in [-0.2, 0) is 12.0 Å². The van der Waals surface area contributed by atoms with E-state index < -0.39 is 17.0 Å². The number of halogens is 2. The molecule has 192 valence electrons. The fourth-order valence-corrected chi connectivity index (χ4v) is 4.19. The van der Waals surface area contributed by atoms with Crippen LogP contribution in [0.4, 0.5) is 4.39 Å². The molecule has 2 N–H and O–H groups in total. The van der Waals surface area contributed by atoms with Gasteiger partial charge >= 0.3 is 0 Å². The molecule has 1 unspecified atom stereocenters. The van der Waals surface area contributed by atoms with Crippen LogP contribution >= 0.6 is 11.6 Å². The van der Waals surface area contributed by atoms with Crippen molar-refractivity contribution in [2.75, 3.05) is 20.8 Å². The number of aryl methyl sites for hydroxylation is 1. The third-order valence-corrected chi connectivity index (χ3v) is 6.79. The van der Waals surface area contributed by atoms with Gasteiger partial charge in [0.25, 0.3) is 0 Å². The number of aliphatic hydroxyl groups is 2. The second-order valence-electron chi connectivity index (χ2n) is 9.50. The van der Waals surface area contributed by atoms with Gasteiger partial charge in [0.2, 0.25) is 0 Å². The van der Waals surface area contributed by atoms with Crippen molar-refractivity contribution in [2.45, 2.75) is 50.2 Å². The van der Waals surface area contributed by atoms with E-state index in [0.717, 1.165) is 18.4 Å². The molecule has 8 heteroatoms. The van der Waals surface area contributed by atoms with Crippen molar-refractivity contribution in [3.8, 4) is 28.5 Å². The molecular formula is C28H31ClFNO5. The van der Waals surface area contributed by atoms with E-state index in [2.05, 4.69) is 4.98 Å². The van der Waals surface area contributed by atoms with Gasteiger partial charge in [-0.2, -0.15) is 0 Å². The molecule has 1 atom stereocenters. The minimum absolute atomic E-state index is 0.0104. The third-order valence-electron chi connectivity index (χ3n) is 6.50. The van der Waals surface area contributed by atoms with E-state index >= 15 is 0 Å². The van der Waals surface area contributed by atoms with Crippen LogP contribution < -0.4 is 14.2 Å². The van der Waals surface area contributed by atoms with Gasteiger partial charge in [0, 0.05) is 5.56 Å². The molecule has 1 aromatic heterocycles. The van der Waals surface area contributed by atoms with Crippen molar-refractivity contribution in [3.05, 3.63) is 70.6 Å². The van der Waals surface area contributed by atoms with E-state index in [0.29, 0.717) is 53.5 Å². The molecule has 1 saturated carbocycles. The first-order chi connectivity index (χ1) is 17.1. The molecule has 6 nitrogen and oxygen atoms in total. The van der Waals surface area contributed by atoms with Crippen molar-refractivity contribution in [1.82, 2.24) is 4.98 Å². The van der Waals surface area contributed by atoms with E-state index in [9.17, 15) is 14.6 Å². The Labute approximate surface area is 215 Å². The summed E-state index contributed by atoms with van der Waals surface area (Å²) in [5.41, 5.74) is 0.709. The average Bonchev–Trinajstić information content (AvgIpc) is 3.61. The first-order valence-corrected chi connectivity index (χ1v) is 12.3. The highest BCUT2D eigenvalue weighted by atomic mass is 35.5. The van der Waals surface area contributed by atoms with Gasteiger partial charge in [-0.25, -0.2) is 9.37 Å². The Morgan fingerprint density at radius 1 is 1.03 bits per heavy atom. The maximum absolute atomic E-state index is 13.7. The van der Waals surface area contributed by atoms with Crippen molar-refractivity contribution >= 4 is 11.6 Å². The lowest BCUT2D eigenvalue weighted by Crippen LogP contribution is -2.23. The van der Waals surface area contributed by atoms with Crippen molar-refractivity contribution in [3.63, 3.8) is 0 Å². The topological polar surface area (TPSA) is 81.0 Å². The molecule has 2 aromatic carbocycles. The summed E-state index contributed by atoms with van der Waals surface area (Å²) in [6.45, 7) is 1.98. The standard InChI is InChI=1S/C28H31ClFNO5/c1-27(32,25-11-10-23(34-2)26(31-25)19-7-8-21(30)20(29)16-19)12-4-5-18-6-9-22(24(15-18)35-3)36-17-28(33)13-14-28/h6-11,15-16,32-33H,4-5,12-14,17H2,1-3H3. The zero-order chi connectivity index (χ0) is 25.9. The van der Waals surface area contributed by atoms with Crippen molar-refractivity contribution in [1.29, 1.82) is 0 Å². The molecule has 0 aliphatic heterocycles. The van der Waals surface area contributed by atoms with Gasteiger partial charge in [0.15, 0.2) is 11.5 Å². The summed E-state index contributed by atoms with van der Waals surface area (Å²) in [5.74, 6) is 1.20. The number of rotatable bonds is 11. The van der Waals surface area contributed by atoms with Crippen molar-refractivity contribution < 1.29 is 28.8 Å². The van der Waals surface area contributed by atoms with Gasteiger partial charge in [-0.3, -0.25) is 0 Å². The predicted molar refractivity (Wildman–Crippen MR) is 136 cm³/mol. The number of ether oxygens (including phenoxy) is 3. The van der Waals surface area contributed by atoms with Gasteiger partial charge in [-0.05, 0) is 87.1 Å². The zero-order valence-electron chi connectivity index (χ0n) is 20.7. The van der Waals surface area contributed by atoms with Gasteiger partial charge < -0.3 is 24.4 Å². The van der Waals surface area contributed by atoms with E-state index in [1.165, 1.54) is 19.2 Å². The minimum atomic E-state index is -1.20. The SMILES string of the molecule is COc1cc(CCCC(C)(O)c2ccc(OC)c(-c3ccc(F)c(Cl)c3)n2)ccc1OCC1(O)CC1. The summed E-state index contributed by atoms with van der Waals surface area (Å²) >= 11 is 5.97. The van der Waals surface area contributed by atoms with Crippen LogP contribution in [-0.4, -0.2) is 41.6 Å². The van der Waals surface area contributed by atoms with Crippen LogP contribution in [0.5, 0.6) is 17.2 Å². The van der Waals surface area contributed by atoms with E-state index in [4.69, 9.17) is 25.8 Å². The number of hydrogen-bond donors (Lipinski definition) is 2. The molecule has 0 amide bonds. The second-order valence-corrected chi connectivity index (χ2v) is 9.91. The van der Waals surface area contributed by atoms with E-state index in [1.807, 2.05) is 18.2 Å². The number of nitrogens with zero attached hydrogens (tertiary/aromatic N) is 1. The van der Waals surface area contributed by atoms with Gasteiger partial charge in [0.1, 0.15) is 29.5 Å². The van der Waals surface area contributed by atoms with Crippen molar-refractivity contribution in [2.24, 2.45) is 0 Å². The predicted octanol–water partition coefficient (Wildman–Crippen LogP) is 5.69. The summed E-state index contributed by atoms with van der Waals surface area (Å²) in [5, 5.41) is 21.2. The first kappa shape index (κ1) is 26.2. The zero-order valence-corrected chi connectivity index (χ0v) is 21.4. The maximum atomic E-state index is 13.7.